The van der Waals surface area contributed by atoms with Crippen LogP contribution in [0.25, 0.3) is 16.5 Å². The molecule has 0 bridgehead atoms. The predicted octanol–water partition coefficient (Wildman–Crippen LogP) is 2.57. The Labute approximate surface area is 174 Å². The number of nitrogen functional groups attached to an aromatic ring is 2. The molecule has 4 rings (SSSR count). The summed E-state index contributed by atoms with van der Waals surface area (Å²) in [5, 5.41) is 22.1. The van der Waals surface area contributed by atoms with Gasteiger partial charge in [0.25, 0.3) is 5.56 Å². The van der Waals surface area contributed by atoms with Gasteiger partial charge in [0, 0.05) is 5.39 Å². The third kappa shape index (κ3) is 3.14. The Balaban J connectivity index is 2.14. The zero-order chi connectivity index (χ0) is 22.1. The zero-order valence-corrected chi connectivity index (χ0v) is 15.8. The summed E-state index contributed by atoms with van der Waals surface area (Å²) in [7, 11) is 0. The molecule has 0 aliphatic heterocycles. The summed E-state index contributed by atoms with van der Waals surface area (Å²) in [5.74, 6) is -1.26. The minimum Gasteiger partial charge on any atom is -0.382 e. The number of hydrogen-bond donors (Lipinski definition) is 3. The van der Waals surface area contributed by atoms with Gasteiger partial charge in [0.05, 0.1) is 11.1 Å². The molecule has 10 heteroatoms. The summed E-state index contributed by atoms with van der Waals surface area (Å²) in [5.41, 5.74) is 10.9. The first-order valence-electron chi connectivity index (χ1n) is 8.89. The number of para-hydroxylation sites is 1. The number of halogens is 1. The van der Waals surface area contributed by atoms with Crippen molar-refractivity contribution in [2.24, 2.45) is 0 Å². The van der Waals surface area contributed by atoms with Crippen LogP contribution in [0.1, 0.15) is 11.1 Å². The summed E-state index contributed by atoms with van der Waals surface area (Å²) in [4.78, 5) is 21.1. The molecule has 0 fully saturated rings. The largest absolute Gasteiger partial charge is 0.382 e. The lowest BCUT2D eigenvalue weighted by Gasteiger charge is -2.18. The lowest BCUT2D eigenvalue weighted by Crippen LogP contribution is -2.24. The predicted molar refractivity (Wildman–Crippen MR) is 113 cm³/mol. The molecule has 9 nitrogen and oxygen atoms in total. The number of fused-ring (bicyclic) bond motifs is 1. The third-order valence-corrected chi connectivity index (χ3v) is 4.59. The number of anilines is 4. The maximum absolute atomic E-state index is 14.6. The van der Waals surface area contributed by atoms with Crippen LogP contribution in [-0.4, -0.2) is 14.5 Å². The Bertz CT molecular complexity index is 1480. The van der Waals surface area contributed by atoms with E-state index in [9.17, 15) is 19.7 Å². The number of nitriles is 2. The molecule has 0 aliphatic rings. The van der Waals surface area contributed by atoms with E-state index in [-0.39, 0.29) is 45.3 Å². The highest BCUT2D eigenvalue weighted by Crippen LogP contribution is 2.30. The molecular formula is C21H13FN8O. The second-order valence-electron chi connectivity index (χ2n) is 6.40. The summed E-state index contributed by atoms with van der Waals surface area (Å²) >= 11 is 0. The van der Waals surface area contributed by atoms with Crippen molar-refractivity contribution in [3.05, 3.63) is 75.8 Å². The highest BCUT2D eigenvalue weighted by Gasteiger charge is 2.22. The van der Waals surface area contributed by atoms with Gasteiger partial charge in [0.2, 0.25) is 5.95 Å². The summed E-state index contributed by atoms with van der Waals surface area (Å²) < 4.78 is 15.7. The topological polar surface area (TPSA) is 159 Å². The first kappa shape index (κ1) is 19.4. The summed E-state index contributed by atoms with van der Waals surface area (Å²) in [6.45, 7) is 0. The monoisotopic (exact) mass is 412 g/mol. The summed E-state index contributed by atoms with van der Waals surface area (Å²) in [6.07, 6.45) is 0. The molecule has 150 valence electrons. The van der Waals surface area contributed by atoms with Gasteiger partial charge in [-0.1, -0.05) is 30.3 Å². The first-order chi connectivity index (χ1) is 15.0. The number of hydrogen-bond acceptors (Lipinski definition) is 8. The van der Waals surface area contributed by atoms with Crippen molar-refractivity contribution in [2.45, 2.75) is 0 Å². The Morgan fingerprint density at radius 1 is 0.968 bits per heavy atom. The fraction of sp³-hybridized carbons (Fsp3) is 0. The number of nitrogens with zero attached hydrogens (tertiary/aromatic N) is 5. The zero-order valence-electron chi connectivity index (χ0n) is 15.8. The van der Waals surface area contributed by atoms with Crippen molar-refractivity contribution in [1.29, 1.82) is 10.5 Å². The van der Waals surface area contributed by atoms with Gasteiger partial charge in [0.15, 0.2) is 5.82 Å². The first-order valence-corrected chi connectivity index (χ1v) is 8.89. The van der Waals surface area contributed by atoms with Gasteiger partial charge in [-0.05, 0) is 18.2 Å². The second kappa shape index (κ2) is 7.46. The Kier molecular flexibility index (Phi) is 4.66. The fourth-order valence-electron chi connectivity index (χ4n) is 3.27. The highest BCUT2D eigenvalue weighted by molar-refractivity contribution is 5.93. The molecule has 0 unspecified atom stereocenters. The Morgan fingerprint density at radius 2 is 1.68 bits per heavy atom. The number of benzene rings is 2. The van der Waals surface area contributed by atoms with Crippen molar-refractivity contribution in [1.82, 2.24) is 14.5 Å². The molecule has 0 amide bonds. The van der Waals surface area contributed by atoms with Crippen LogP contribution in [-0.2, 0) is 0 Å². The molecule has 2 aromatic heterocycles. The van der Waals surface area contributed by atoms with Gasteiger partial charge < -0.3 is 16.8 Å². The van der Waals surface area contributed by atoms with E-state index in [2.05, 4.69) is 15.3 Å². The third-order valence-electron chi connectivity index (χ3n) is 4.59. The second-order valence-corrected chi connectivity index (χ2v) is 6.40. The lowest BCUT2D eigenvalue weighted by molar-refractivity contribution is 0.638. The maximum Gasteiger partial charge on any atom is 0.267 e. The molecule has 31 heavy (non-hydrogen) atoms. The average Bonchev–Trinajstić information content (AvgIpc) is 2.74. The normalized spacial score (nSPS) is 10.4. The van der Waals surface area contributed by atoms with Crippen molar-refractivity contribution in [3.63, 3.8) is 0 Å². The smallest absolute Gasteiger partial charge is 0.267 e. The van der Waals surface area contributed by atoms with E-state index in [1.165, 1.54) is 12.1 Å². The van der Waals surface area contributed by atoms with Crippen molar-refractivity contribution in [3.8, 4) is 17.8 Å². The number of pyridine rings is 1. The standard InChI is InChI=1S/C21H13FN8O/c22-15-8-4-7-12-13(9-23)19(28-18-14(10-24)17(25)27-21(26)29-18)30(20(31)16(12)15)11-5-2-1-3-6-11/h1-8H,(H5,25,26,27,28,29). The van der Waals surface area contributed by atoms with Crippen LogP contribution < -0.4 is 22.3 Å². The van der Waals surface area contributed by atoms with E-state index in [4.69, 9.17) is 11.5 Å². The molecule has 0 atom stereocenters. The molecule has 2 aromatic carbocycles. The molecule has 0 aliphatic carbocycles. The minimum atomic E-state index is -0.761. The SMILES string of the molecule is N#Cc1c(N)nc(N)nc1Nc1c(C#N)c2cccc(F)c2c(=O)n1-c1ccccc1. The van der Waals surface area contributed by atoms with Crippen LogP contribution in [0.4, 0.5) is 27.8 Å². The Morgan fingerprint density at radius 3 is 2.35 bits per heavy atom. The maximum atomic E-state index is 14.6. The molecule has 4 aromatic rings. The Hall–Kier alpha value is -4.96. The quantitative estimate of drug-likeness (QED) is 0.463. The minimum absolute atomic E-state index is 0.0224. The van der Waals surface area contributed by atoms with E-state index in [1.54, 1.807) is 30.3 Å². The summed E-state index contributed by atoms with van der Waals surface area (Å²) in [6, 6.07) is 16.2. The van der Waals surface area contributed by atoms with E-state index in [1.807, 2.05) is 12.1 Å². The molecule has 0 spiro atoms. The fourth-order valence-corrected chi connectivity index (χ4v) is 3.27. The van der Waals surface area contributed by atoms with Crippen LogP contribution in [0.15, 0.2) is 53.3 Å². The van der Waals surface area contributed by atoms with E-state index in [0.717, 1.165) is 10.6 Å². The van der Waals surface area contributed by atoms with Gasteiger partial charge in [-0.2, -0.15) is 20.5 Å². The number of rotatable bonds is 3. The van der Waals surface area contributed by atoms with Gasteiger partial charge in [-0.3, -0.25) is 9.36 Å². The molecule has 0 radical (unpaired) electrons. The molecule has 0 saturated carbocycles. The van der Waals surface area contributed by atoms with Crippen molar-refractivity contribution < 1.29 is 4.39 Å². The number of aromatic nitrogens is 3. The van der Waals surface area contributed by atoms with Crippen molar-refractivity contribution in [2.75, 3.05) is 16.8 Å². The highest BCUT2D eigenvalue weighted by atomic mass is 19.1. The van der Waals surface area contributed by atoms with Crippen LogP contribution >= 0.6 is 0 Å². The number of nitrogens with two attached hydrogens (primary N) is 2. The average molecular weight is 412 g/mol. The van der Waals surface area contributed by atoms with Crippen LogP contribution in [0.5, 0.6) is 0 Å². The molecule has 5 N–H and O–H groups in total. The van der Waals surface area contributed by atoms with Gasteiger partial charge in [-0.25, -0.2) is 4.39 Å². The molecule has 0 saturated heterocycles. The lowest BCUT2D eigenvalue weighted by atomic mass is 10.1. The van der Waals surface area contributed by atoms with Gasteiger partial charge in [0.1, 0.15) is 40.7 Å². The van der Waals surface area contributed by atoms with E-state index >= 15 is 0 Å². The van der Waals surface area contributed by atoms with Gasteiger partial charge in [-0.15, -0.1) is 0 Å². The molecule has 2 heterocycles. The van der Waals surface area contributed by atoms with Crippen LogP contribution in [0.2, 0.25) is 0 Å². The van der Waals surface area contributed by atoms with E-state index < -0.39 is 11.4 Å². The van der Waals surface area contributed by atoms with Crippen molar-refractivity contribution >= 4 is 34.2 Å². The van der Waals surface area contributed by atoms with Crippen LogP contribution in [0.3, 0.4) is 0 Å². The molecular weight excluding hydrogens is 399 g/mol. The van der Waals surface area contributed by atoms with E-state index in [0.29, 0.717) is 5.69 Å². The number of nitrogens with one attached hydrogen (secondary N) is 1. The van der Waals surface area contributed by atoms with Crippen LogP contribution in [0, 0.1) is 28.5 Å². The van der Waals surface area contributed by atoms with Gasteiger partial charge >= 0.3 is 0 Å².